The van der Waals surface area contributed by atoms with Gasteiger partial charge in [0.1, 0.15) is 0 Å². The topological polar surface area (TPSA) is 178 Å². The van der Waals surface area contributed by atoms with Gasteiger partial charge in [0.2, 0.25) is 17.2 Å². The maximum absolute atomic E-state index is 12.3. The highest BCUT2D eigenvalue weighted by molar-refractivity contribution is 8.76. The Morgan fingerprint density at radius 1 is 0.949 bits per heavy atom. The second kappa shape index (κ2) is 10.0. The van der Waals surface area contributed by atoms with Gasteiger partial charge in [0.25, 0.3) is 17.7 Å². The largest absolute Gasteiger partial charge is 0.365 e. The van der Waals surface area contributed by atoms with E-state index in [0.717, 1.165) is 10.9 Å². The summed E-state index contributed by atoms with van der Waals surface area (Å²) in [6.45, 7) is 6.98. The van der Waals surface area contributed by atoms with Gasteiger partial charge in [0.05, 0.1) is 17.2 Å². The van der Waals surface area contributed by atoms with Crippen LogP contribution < -0.4 is 10.6 Å². The molecule has 1 aromatic heterocycles. The van der Waals surface area contributed by atoms with Crippen LogP contribution in [0.15, 0.2) is 42.7 Å². The third-order valence-electron chi connectivity index (χ3n) is 7.53. The Labute approximate surface area is 233 Å². The normalized spacial score (nSPS) is 32.9. The van der Waals surface area contributed by atoms with E-state index in [-0.39, 0.29) is 12.2 Å². The molecule has 5 heterocycles. The molecule has 212 valence electrons. The van der Waals surface area contributed by atoms with Crippen LogP contribution in [0.4, 0.5) is 0 Å². The number of fused-ring (bicyclic) bond motifs is 6. The number of aromatic nitrogens is 1. The van der Waals surface area contributed by atoms with E-state index in [9.17, 15) is 34.8 Å². The van der Waals surface area contributed by atoms with Gasteiger partial charge in [0.15, 0.2) is 5.72 Å². The number of aromatic amines is 1. The summed E-state index contributed by atoms with van der Waals surface area (Å²) >= 11 is 0. The van der Waals surface area contributed by atoms with E-state index < -0.39 is 46.5 Å². The summed E-state index contributed by atoms with van der Waals surface area (Å²) < 4.78 is 0. The Balaban J connectivity index is 0.000000193. The van der Waals surface area contributed by atoms with Crippen LogP contribution in [0, 0.1) is 5.92 Å². The van der Waals surface area contributed by atoms with Crippen molar-refractivity contribution in [3.63, 3.8) is 0 Å². The van der Waals surface area contributed by atoms with E-state index in [1.807, 2.05) is 24.3 Å². The van der Waals surface area contributed by atoms with Crippen molar-refractivity contribution in [2.75, 3.05) is 25.6 Å². The van der Waals surface area contributed by atoms with Crippen LogP contribution in [-0.4, -0.2) is 101 Å². The fraction of sp³-hybridized carbons (Fsp3) is 0.480. The number of H-pyrrole nitrogens is 1. The van der Waals surface area contributed by atoms with Crippen LogP contribution in [0.5, 0.6) is 0 Å². The van der Waals surface area contributed by atoms with Gasteiger partial charge in [-0.2, -0.15) is 0 Å². The summed E-state index contributed by atoms with van der Waals surface area (Å²) in [4.78, 5) is 42.1. The molecule has 2 unspecified atom stereocenters. The van der Waals surface area contributed by atoms with Gasteiger partial charge in [-0.15, -0.1) is 0 Å². The highest BCUT2D eigenvalue weighted by atomic mass is 33.1. The molecule has 4 aliphatic heterocycles. The number of carbonyl (C=O) groups is 3. The SMILES string of the molecule is C=C1N(C)C2(O)CSSCC1(O)N(C)C2=O.CC(C)[C@]1(O)NC(=O)[C@](O)(Cc2c[nH]c3ccccc23)NC1=O. The Hall–Kier alpha value is -2.75. The van der Waals surface area contributed by atoms with E-state index in [4.69, 9.17) is 0 Å². The smallest absolute Gasteiger partial charge is 0.279 e. The van der Waals surface area contributed by atoms with Gasteiger partial charge in [-0.25, -0.2) is 0 Å². The fourth-order valence-corrected chi connectivity index (χ4v) is 7.27. The maximum atomic E-state index is 12.3. The Morgan fingerprint density at radius 2 is 1.56 bits per heavy atom. The van der Waals surface area contributed by atoms with Crippen molar-refractivity contribution >= 4 is 50.2 Å². The molecule has 12 nitrogen and oxygen atoms in total. The quantitative estimate of drug-likeness (QED) is 0.238. The number of benzene rings is 1. The first kappa shape index (κ1) is 29.2. The lowest BCUT2D eigenvalue weighted by Gasteiger charge is -2.54. The molecule has 4 atom stereocenters. The summed E-state index contributed by atoms with van der Waals surface area (Å²) in [7, 11) is 5.87. The first-order valence-corrected chi connectivity index (χ1v) is 14.6. The number of carbonyl (C=O) groups excluding carboxylic acids is 3. The molecular formula is C25H33N5O7S2. The molecule has 4 fully saturated rings. The maximum Gasteiger partial charge on any atom is 0.279 e. The van der Waals surface area contributed by atoms with E-state index in [1.165, 1.54) is 38.4 Å². The van der Waals surface area contributed by atoms with Crippen LogP contribution in [0.2, 0.25) is 0 Å². The molecule has 0 radical (unpaired) electrons. The van der Waals surface area contributed by atoms with Crippen molar-refractivity contribution < 1.29 is 34.8 Å². The monoisotopic (exact) mass is 579 g/mol. The summed E-state index contributed by atoms with van der Waals surface area (Å²) in [6.07, 6.45) is 1.58. The number of nitrogens with one attached hydrogen (secondary N) is 3. The van der Waals surface area contributed by atoms with Crippen LogP contribution in [-0.2, 0) is 20.8 Å². The summed E-state index contributed by atoms with van der Waals surface area (Å²) in [5.41, 5.74) is -5.23. The number of hydrogen-bond acceptors (Lipinski definition) is 10. The van der Waals surface area contributed by atoms with Crippen LogP contribution in [0.25, 0.3) is 10.9 Å². The number of hydrogen-bond donors (Lipinski definition) is 7. The minimum absolute atomic E-state index is 0.108. The minimum atomic E-state index is -2.11. The molecule has 2 aromatic rings. The molecule has 0 spiro atoms. The predicted molar refractivity (Wildman–Crippen MR) is 148 cm³/mol. The summed E-state index contributed by atoms with van der Waals surface area (Å²) in [6, 6.07) is 7.45. The van der Waals surface area contributed by atoms with E-state index in [1.54, 1.807) is 27.1 Å². The lowest BCUT2D eigenvalue weighted by atomic mass is 9.91. The van der Waals surface area contributed by atoms with Crippen molar-refractivity contribution in [2.24, 2.45) is 5.92 Å². The number of nitrogens with zero attached hydrogens (tertiary/aromatic N) is 2. The molecular weight excluding hydrogens is 546 g/mol. The minimum Gasteiger partial charge on any atom is -0.365 e. The zero-order valence-electron chi connectivity index (χ0n) is 22.0. The molecule has 0 aliphatic carbocycles. The number of likely N-dealkylation sites (N-methyl/N-ethyl adjacent to an activating group) is 2. The number of para-hydroxylation sites is 1. The Bertz CT molecular complexity index is 1300. The number of piperazine rings is 2. The standard InChI is InChI=1S/C16H19N3O4.C9H14N2O3S2/c1-9(2)16(23)14(21)18-15(22,13(20)19-16)7-10-8-17-12-6-4-3-5-11(10)12;1-6-8(13)4-15-16-5-9(14,10(6)2)7(12)11(8)3/h3-6,8-9,17,22-23H,7H2,1-2H3,(H,18,21)(H,19,20);13-14H,1,4-5H2,2-3H3/t15-,16-;/m1./s1. The molecule has 3 amide bonds. The first-order valence-electron chi connectivity index (χ1n) is 12.2. The zero-order valence-corrected chi connectivity index (χ0v) is 23.7. The lowest BCUT2D eigenvalue weighted by Crippen LogP contribution is -2.77. The van der Waals surface area contributed by atoms with Crippen molar-refractivity contribution in [3.8, 4) is 0 Å². The molecule has 4 saturated heterocycles. The third kappa shape index (κ3) is 4.68. The molecule has 6 rings (SSSR count). The van der Waals surface area contributed by atoms with Crippen molar-refractivity contribution in [1.29, 1.82) is 0 Å². The second-order valence-corrected chi connectivity index (χ2v) is 12.7. The first-order chi connectivity index (χ1) is 18.1. The van der Waals surface area contributed by atoms with Crippen molar-refractivity contribution in [1.82, 2.24) is 25.4 Å². The second-order valence-electron chi connectivity index (χ2n) is 10.3. The Morgan fingerprint density at radius 3 is 2.21 bits per heavy atom. The van der Waals surface area contributed by atoms with Crippen LogP contribution >= 0.6 is 21.6 Å². The van der Waals surface area contributed by atoms with Gasteiger partial charge in [-0.1, -0.05) is 60.2 Å². The molecule has 14 heteroatoms. The molecule has 1 aromatic carbocycles. The molecule has 0 saturated carbocycles. The lowest BCUT2D eigenvalue weighted by molar-refractivity contribution is -0.201. The summed E-state index contributed by atoms with van der Waals surface area (Å²) in [5.74, 6) is -2.08. The van der Waals surface area contributed by atoms with E-state index in [0.29, 0.717) is 17.0 Å². The molecule has 39 heavy (non-hydrogen) atoms. The highest BCUT2D eigenvalue weighted by Gasteiger charge is 2.58. The van der Waals surface area contributed by atoms with Gasteiger partial charge in [-0.3, -0.25) is 14.4 Å². The average Bonchev–Trinajstić information content (AvgIpc) is 3.29. The number of rotatable bonds is 3. The summed E-state index contributed by atoms with van der Waals surface area (Å²) in [5, 5.41) is 47.0. The van der Waals surface area contributed by atoms with E-state index in [2.05, 4.69) is 22.2 Å². The van der Waals surface area contributed by atoms with Crippen molar-refractivity contribution in [2.45, 2.75) is 43.2 Å². The molecule has 2 bridgehead atoms. The average molecular weight is 580 g/mol. The predicted octanol–water partition coefficient (Wildman–Crippen LogP) is -0.334. The highest BCUT2D eigenvalue weighted by Crippen LogP contribution is 2.44. The van der Waals surface area contributed by atoms with Crippen LogP contribution in [0.3, 0.4) is 0 Å². The fourth-order valence-electron chi connectivity index (χ4n) is 4.61. The van der Waals surface area contributed by atoms with E-state index >= 15 is 0 Å². The Kier molecular flexibility index (Phi) is 7.51. The van der Waals surface area contributed by atoms with Gasteiger partial charge in [0, 0.05) is 43.5 Å². The van der Waals surface area contributed by atoms with Gasteiger partial charge < -0.3 is 45.8 Å². The number of aliphatic hydroxyl groups is 4. The van der Waals surface area contributed by atoms with Crippen molar-refractivity contribution in [3.05, 3.63) is 48.3 Å². The number of amides is 3. The third-order valence-corrected chi connectivity index (χ3v) is 9.95. The van der Waals surface area contributed by atoms with Gasteiger partial charge in [-0.05, 0) is 11.6 Å². The molecule has 4 aliphatic rings. The zero-order chi connectivity index (χ0) is 29.0. The van der Waals surface area contributed by atoms with Gasteiger partial charge >= 0.3 is 0 Å². The van der Waals surface area contributed by atoms with Crippen LogP contribution in [0.1, 0.15) is 19.4 Å². The molecule has 7 N–H and O–H groups in total.